The molecule has 0 aromatic rings. The predicted molar refractivity (Wildman–Crippen MR) is 80.0 cm³/mol. The fourth-order valence-electron chi connectivity index (χ4n) is 3.81. The van der Waals surface area contributed by atoms with Crippen molar-refractivity contribution in [3.63, 3.8) is 0 Å². The number of hydrogen-bond acceptors (Lipinski definition) is 4. The van der Waals surface area contributed by atoms with Crippen molar-refractivity contribution in [2.75, 3.05) is 13.1 Å². The summed E-state index contributed by atoms with van der Waals surface area (Å²) in [4.78, 5) is 2.52. The Morgan fingerprint density at radius 3 is 2.15 bits per heavy atom. The summed E-state index contributed by atoms with van der Waals surface area (Å²) in [6, 6.07) is 0.439. The van der Waals surface area contributed by atoms with Gasteiger partial charge in [-0.25, -0.2) is 0 Å². The molecule has 0 aliphatic carbocycles. The topological polar surface area (TPSA) is 71.1 Å². The number of ether oxygens (including phenoxy) is 1. The molecule has 0 bridgehead atoms. The van der Waals surface area contributed by atoms with Gasteiger partial charge in [-0.1, -0.05) is 12.1 Å². The Bertz CT molecular complexity index is 396. The lowest BCUT2D eigenvalue weighted by Gasteiger charge is -2.44. The van der Waals surface area contributed by atoms with Gasteiger partial charge in [-0.05, 0) is 60.0 Å². The SMILES string of the molecule is CC1(C)CC(N2CCC(C)(C(N)=NO)CC2)C(C)(C)O1. The van der Waals surface area contributed by atoms with Crippen LogP contribution in [-0.4, -0.2) is 46.3 Å². The van der Waals surface area contributed by atoms with Gasteiger partial charge in [-0.2, -0.15) is 0 Å². The molecular weight excluding hydrogens is 254 g/mol. The summed E-state index contributed by atoms with van der Waals surface area (Å²) in [5.41, 5.74) is 5.49. The Balaban J connectivity index is 2.05. The zero-order valence-corrected chi connectivity index (χ0v) is 13.4. The van der Waals surface area contributed by atoms with Crippen molar-refractivity contribution in [1.29, 1.82) is 0 Å². The van der Waals surface area contributed by atoms with Crippen LogP contribution in [0.3, 0.4) is 0 Å². The van der Waals surface area contributed by atoms with Crippen LogP contribution in [-0.2, 0) is 4.74 Å². The highest BCUT2D eigenvalue weighted by Crippen LogP contribution is 2.42. The van der Waals surface area contributed by atoms with E-state index in [1.165, 1.54) is 0 Å². The standard InChI is InChI=1S/C15H29N3O2/c1-13(2)10-11(14(3,4)20-13)18-8-6-15(5,7-9-18)12(16)17-19/h11,19H,6-10H2,1-5H3,(H2,16,17). The summed E-state index contributed by atoms with van der Waals surface area (Å²) in [6.45, 7) is 12.7. The quantitative estimate of drug-likeness (QED) is 0.353. The first-order valence-corrected chi connectivity index (χ1v) is 7.52. The van der Waals surface area contributed by atoms with Crippen molar-refractivity contribution in [2.24, 2.45) is 16.3 Å². The first-order chi connectivity index (χ1) is 9.10. The smallest absolute Gasteiger partial charge is 0.145 e. The van der Waals surface area contributed by atoms with E-state index in [-0.39, 0.29) is 16.6 Å². The van der Waals surface area contributed by atoms with Crippen LogP contribution in [0.15, 0.2) is 5.16 Å². The summed E-state index contributed by atoms with van der Waals surface area (Å²) in [7, 11) is 0. The van der Waals surface area contributed by atoms with Gasteiger partial charge in [0.05, 0.1) is 11.2 Å². The lowest BCUT2D eigenvalue weighted by atomic mass is 9.78. The molecule has 2 heterocycles. The molecule has 5 heteroatoms. The van der Waals surface area contributed by atoms with Gasteiger partial charge < -0.3 is 15.7 Å². The van der Waals surface area contributed by atoms with E-state index in [2.05, 4.69) is 44.7 Å². The molecule has 0 spiro atoms. The number of amidine groups is 1. The van der Waals surface area contributed by atoms with Crippen LogP contribution in [0, 0.1) is 5.41 Å². The van der Waals surface area contributed by atoms with Crippen LogP contribution in [0.4, 0.5) is 0 Å². The first kappa shape index (κ1) is 15.6. The maximum Gasteiger partial charge on any atom is 0.145 e. The zero-order valence-electron chi connectivity index (χ0n) is 13.4. The molecule has 0 aromatic carbocycles. The molecule has 20 heavy (non-hydrogen) atoms. The lowest BCUT2D eigenvalue weighted by Crippen LogP contribution is -2.53. The minimum atomic E-state index is -0.176. The fraction of sp³-hybridized carbons (Fsp3) is 0.933. The zero-order chi connectivity index (χ0) is 15.2. The van der Waals surface area contributed by atoms with E-state index in [0.717, 1.165) is 32.4 Å². The summed E-state index contributed by atoms with van der Waals surface area (Å²) in [6.07, 6.45) is 2.91. The molecule has 2 fully saturated rings. The molecule has 0 amide bonds. The summed E-state index contributed by atoms with van der Waals surface area (Å²) in [5, 5.41) is 12.1. The van der Waals surface area contributed by atoms with Crippen molar-refractivity contribution < 1.29 is 9.94 Å². The molecule has 0 saturated carbocycles. The van der Waals surface area contributed by atoms with Crippen molar-refractivity contribution in [3.05, 3.63) is 0 Å². The Kier molecular flexibility index (Phi) is 3.80. The minimum Gasteiger partial charge on any atom is -0.409 e. The van der Waals surface area contributed by atoms with Crippen molar-refractivity contribution >= 4 is 5.84 Å². The number of piperidine rings is 1. The van der Waals surface area contributed by atoms with Crippen LogP contribution in [0.2, 0.25) is 0 Å². The average Bonchev–Trinajstić information content (AvgIpc) is 2.57. The number of oxime groups is 1. The molecule has 2 aliphatic rings. The maximum absolute atomic E-state index is 8.91. The summed E-state index contributed by atoms with van der Waals surface area (Å²) < 4.78 is 6.19. The average molecular weight is 283 g/mol. The molecule has 1 atom stereocenters. The van der Waals surface area contributed by atoms with Crippen LogP contribution < -0.4 is 5.73 Å². The van der Waals surface area contributed by atoms with Crippen LogP contribution in [0.25, 0.3) is 0 Å². The summed E-state index contributed by atoms with van der Waals surface area (Å²) in [5.74, 6) is 0.361. The normalized spacial score (nSPS) is 33.2. The third-order valence-corrected chi connectivity index (χ3v) is 5.10. The van der Waals surface area contributed by atoms with Crippen molar-refractivity contribution in [3.8, 4) is 0 Å². The molecular formula is C15H29N3O2. The van der Waals surface area contributed by atoms with Crippen LogP contribution >= 0.6 is 0 Å². The van der Waals surface area contributed by atoms with Gasteiger partial charge in [0.25, 0.3) is 0 Å². The van der Waals surface area contributed by atoms with Crippen LogP contribution in [0.5, 0.6) is 0 Å². The number of hydrogen-bond donors (Lipinski definition) is 2. The number of likely N-dealkylation sites (tertiary alicyclic amines) is 1. The molecule has 2 saturated heterocycles. The van der Waals surface area contributed by atoms with Gasteiger partial charge in [0, 0.05) is 11.5 Å². The highest BCUT2D eigenvalue weighted by atomic mass is 16.5. The first-order valence-electron chi connectivity index (χ1n) is 7.52. The maximum atomic E-state index is 8.91. The molecule has 2 rings (SSSR count). The highest BCUT2D eigenvalue weighted by Gasteiger charge is 2.49. The Labute approximate surface area is 122 Å². The second-order valence-electron chi connectivity index (χ2n) is 7.77. The third kappa shape index (κ3) is 2.79. The molecule has 1 unspecified atom stereocenters. The number of nitrogens with two attached hydrogens (primary N) is 1. The van der Waals surface area contributed by atoms with E-state index in [1.54, 1.807) is 0 Å². The Hall–Kier alpha value is -0.810. The lowest BCUT2D eigenvalue weighted by molar-refractivity contribution is -0.0833. The predicted octanol–water partition coefficient (Wildman–Crippen LogP) is 2.18. The molecule has 0 aromatic heterocycles. The fourth-order valence-corrected chi connectivity index (χ4v) is 3.81. The van der Waals surface area contributed by atoms with Gasteiger partial charge in [0.15, 0.2) is 0 Å². The molecule has 3 N–H and O–H groups in total. The van der Waals surface area contributed by atoms with E-state index >= 15 is 0 Å². The minimum absolute atomic E-state index is 0.0551. The van der Waals surface area contributed by atoms with Gasteiger partial charge >= 0.3 is 0 Å². The van der Waals surface area contributed by atoms with E-state index in [9.17, 15) is 0 Å². The van der Waals surface area contributed by atoms with E-state index in [1.807, 2.05) is 0 Å². The largest absolute Gasteiger partial charge is 0.409 e. The highest BCUT2D eigenvalue weighted by molar-refractivity contribution is 5.85. The van der Waals surface area contributed by atoms with Gasteiger partial charge in [-0.3, -0.25) is 4.90 Å². The molecule has 2 aliphatic heterocycles. The molecule has 116 valence electrons. The van der Waals surface area contributed by atoms with Crippen LogP contribution in [0.1, 0.15) is 53.9 Å². The van der Waals surface area contributed by atoms with Crippen molar-refractivity contribution in [1.82, 2.24) is 4.90 Å². The molecule has 0 radical (unpaired) electrons. The van der Waals surface area contributed by atoms with Gasteiger partial charge in [0.1, 0.15) is 5.84 Å². The van der Waals surface area contributed by atoms with Gasteiger partial charge in [-0.15, -0.1) is 0 Å². The van der Waals surface area contributed by atoms with E-state index in [0.29, 0.717) is 11.9 Å². The van der Waals surface area contributed by atoms with E-state index in [4.69, 9.17) is 15.7 Å². The Morgan fingerprint density at radius 1 is 1.20 bits per heavy atom. The number of nitrogens with zero attached hydrogens (tertiary/aromatic N) is 2. The summed E-state index contributed by atoms with van der Waals surface area (Å²) >= 11 is 0. The molecule has 5 nitrogen and oxygen atoms in total. The van der Waals surface area contributed by atoms with Gasteiger partial charge in [0.2, 0.25) is 0 Å². The van der Waals surface area contributed by atoms with E-state index < -0.39 is 0 Å². The number of rotatable bonds is 2. The van der Waals surface area contributed by atoms with Crippen molar-refractivity contribution in [2.45, 2.75) is 71.1 Å². The third-order valence-electron chi connectivity index (χ3n) is 5.10. The Morgan fingerprint density at radius 2 is 1.75 bits per heavy atom. The second kappa shape index (κ2) is 4.88. The second-order valence-corrected chi connectivity index (χ2v) is 7.77. The monoisotopic (exact) mass is 283 g/mol.